The van der Waals surface area contributed by atoms with Crippen LogP contribution in [-0.4, -0.2) is 64.6 Å². The van der Waals surface area contributed by atoms with E-state index in [0.717, 1.165) is 29.5 Å². The van der Waals surface area contributed by atoms with Crippen molar-refractivity contribution in [1.82, 2.24) is 20.9 Å². The van der Waals surface area contributed by atoms with Crippen molar-refractivity contribution in [3.63, 3.8) is 0 Å². The monoisotopic (exact) mass is 418 g/mol. The number of nitrogens with zero attached hydrogens (tertiary/aromatic N) is 2. The van der Waals surface area contributed by atoms with Gasteiger partial charge in [-0.05, 0) is 58.9 Å². The lowest BCUT2D eigenvalue weighted by atomic mass is 10.1. The van der Waals surface area contributed by atoms with E-state index in [1.807, 2.05) is 27.2 Å². The van der Waals surface area contributed by atoms with E-state index >= 15 is 0 Å². The van der Waals surface area contributed by atoms with Crippen LogP contribution in [0, 0.1) is 0 Å². The normalized spacial score (nSPS) is 18.1. The highest BCUT2D eigenvalue weighted by molar-refractivity contribution is 5.84. The molecule has 0 amide bonds. The van der Waals surface area contributed by atoms with Crippen LogP contribution in [0.2, 0.25) is 0 Å². The second-order valence-corrected chi connectivity index (χ2v) is 8.38. The molecule has 1 aromatic rings. The van der Waals surface area contributed by atoms with Crippen LogP contribution in [0.5, 0.6) is 0 Å². The molecule has 3 rings (SSSR count). The van der Waals surface area contributed by atoms with Crippen LogP contribution < -0.4 is 26.2 Å². The van der Waals surface area contributed by atoms with Crippen LogP contribution >= 0.6 is 0 Å². The van der Waals surface area contributed by atoms with Crippen LogP contribution in [0.15, 0.2) is 6.07 Å². The van der Waals surface area contributed by atoms with Crippen molar-refractivity contribution in [2.75, 3.05) is 51.5 Å². The highest BCUT2D eigenvalue weighted by Crippen LogP contribution is 2.28. The minimum atomic E-state index is 0.480. The Hall–Kier alpha value is -1.70. The van der Waals surface area contributed by atoms with Crippen molar-refractivity contribution >= 4 is 17.9 Å². The first kappa shape index (κ1) is 24.6. The molecule has 2 heterocycles. The van der Waals surface area contributed by atoms with E-state index in [4.69, 9.17) is 4.98 Å². The molecule has 7 nitrogen and oxygen atoms in total. The molecule has 1 saturated heterocycles. The number of rotatable bonds is 7. The largest absolute Gasteiger partial charge is 0.373 e. The summed E-state index contributed by atoms with van der Waals surface area (Å²) in [6.45, 7) is 3.06. The maximum atomic E-state index is 11.5. The molecule has 30 heavy (non-hydrogen) atoms. The van der Waals surface area contributed by atoms with Crippen LogP contribution in [0.3, 0.4) is 0 Å². The summed E-state index contributed by atoms with van der Waals surface area (Å²) in [6, 6.07) is 3.20. The molecular weight excluding hydrogens is 376 g/mol. The highest BCUT2D eigenvalue weighted by atomic mass is 16.1. The summed E-state index contributed by atoms with van der Waals surface area (Å²) in [4.78, 5) is 18.5. The number of carbonyl (C=O) groups is 1. The van der Waals surface area contributed by atoms with Gasteiger partial charge in [0.15, 0.2) is 6.29 Å². The lowest BCUT2D eigenvalue weighted by Crippen LogP contribution is -2.37. The zero-order chi connectivity index (χ0) is 21.8. The van der Waals surface area contributed by atoms with Crippen LogP contribution in [-0.2, 0) is 6.54 Å². The van der Waals surface area contributed by atoms with Gasteiger partial charge in [0.1, 0.15) is 11.6 Å². The summed E-state index contributed by atoms with van der Waals surface area (Å²) >= 11 is 0. The quantitative estimate of drug-likeness (QED) is 0.400. The topological polar surface area (TPSA) is 81.3 Å². The fourth-order valence-electron chi connectivity index (χ4n) is 4.40. The molecule has 0 aromatic carbocycles. The Morgan fingerprint density at radius 1 is 1.10 bits per heavy atom. The lowest BCUT2D eigenvalue weighted by Gasteiger charge is -2.30. The van der Waals surface area contributed by atoms with Crippen molar-refractivity contribution in [3.05, 3.63) is 17.2 Å². The number of nitrogens with one attached hydrogen (secondary N) is 4. The zero-order valence-corrected chi connectivity index (χ0v) is 19.4. The molecule has 4 N–H and O–H groups in total. The molecule has 0 atom stereocenters. The van der Waals surface area contributed by atoms with Gasteiger partial charge in [-0.3, -0.25) is 4.79 Å². The summed E-state index contributed by atoms with van der Waals surface area (Å²) < 4.78 is 0. The van der Waals surface area contributed by atoms with Gasteiger partial charge in [-0.15, -0.1) is 0 Å². The first-order valence-corrected chi connectivity index (χ1v) is 11.6. The third-order valence-corrected chi connectivity index (χ3v) is 6.29. The van der Waals surface area contributed by atoms with E-state index in [1.165, 1.54) is 64.5 Å². The third kappa shape index (κ3) is 7.22. The van der Waals surface area contributed by atoms with Crippen molar-refractivity contribution < 1.29 is 4.79 Å². The van der Waals surface area contributed by atoms with E-state index in [-0.39, 0.29) is 0 Å². The molecule has 7 heteroatoms. The Morgan fingerprint density at radius 2 is 1.77 bits per heavy atom. The Balaban J connectivity index is 0.000000335. The van der Waals surface area contributed by atoms with Gasteiger partial charge < -0.3 is 26.2 Å². The van der Waals surface area contributed by atoms with Gasteiger partial charge in [-0.1, -0.05) is 25.7 Å². The molecule has 2 aliphatic rings. The first-order chi connectivity index (χ1) is 14.6. The molecule has 0 radical (unpaired) electrons. The first-order valence-electron chi connectivity index (χ1n) is 11.6. The number of carbonyl (C=O) groups excluding carboxylic acids is 1. The number of hydrogen-bond acceptors (Lipinski definition) is 7. The Kier molecular flexibility index (Phi) is 11.1. The summed E-state index contributed by atoms with van der Waals surface area (Å²) in [5, 5.41) is 12.8. The van der Waals surface area contributed by atoms with E-state index in [0.29, 0.717) is 18.2 Å². The van der Waals surface area contributed by atoms with Crippen molar-refractivity contribution in [3.8, 4) is 0 Å². The molecule has 1 aliphatic heterocycles. The van der Waals surface area contributed by atoms with Crippen molar-refractivity contribution in [2.45, 2.75) is 70.0 Å². The van der Waals surface area contributed by atoms with E-state index < -0.39 is 0 Å². The van der Waals surface area contributed by atoms with E-state index in [2.05, 4.69) is 33.2 Å². The number of piperidine rings is 1. The SMILES string of the molecule is CNC1CCNCC1.CNCc1cc(C=O)c(N(C)C2CCCCCC2)nc1NC. The van der Waals surface area contributed by atoms with Gasteiger partial charge >= 0.3 is 0 Å². The maximum Gasteiger partial charge on any atom is 0.153 e. The van der Waals surface area contributed by atoms with Crippen LogP contribution in [0.4, 0.5) is 11.6 Å². The van der Waals surface area contributed by atoms with Gasteiger partial charge in [-0.2, -0.15) is 0 Å². The van der Waals surface area contributed by atoms with Crippen LogP contribution in [0.25, 0.3) is 0 Å². The Bertz CT molecular complexity index is 624. The zero-order valence-electron chi connectivity index (χ0n) is 19.4. The predicted molar refractivity (Wildman–Crippen MR) is 127 cm³/mol. The van der Waals surface area contributed by atoms with Crippen LogP contribution in [0.1, 0.15) is 67.3 Å². The van der Waals surface area contributed by atoms with Gasteiger partial charge in [-0.25, -0.2) is 4.98 Å². The molecule has 170 valence electrons. The van der Waals surface area contributed by atoms with E-state index in [9.17, 15) is 4.79 Å². The summed E-state index contributed by atoms with van der Waals surface area (Å²) in [6.07, 6.45) is 11.0. The second kappa shape index (κ2) is 13.6. The second-order valence-electron chi connectivity index (χ2n) is 8.38. The number of pyridine rings is 1. The molecular formula is C23H42N6O. The summed E-state index contributed by atoms with van der Waals surface area (Å²) in [7, 11) is 7.88. The standard InChI is InChI=1S/C17H28N4O.C6H14N2/c1-18-11-13-10-14(12-22)17(20-16(13)19-2)21(3)15-8-6-4-5-7-9-15;1-7-6-2-4-8-5-3-6/h10,12,15,18H,4-9,11H2,1-3H3,(H,19,20);6-8H,2-5H2,1H3. The fraction of sp³-hybridized carbons (Fsp3) is 0.739. The summed E-state index contributed by atoms with van der Waals surface area (Å²) in [5.41, 5.74) is 1.70. The Morgan fingerprint density at radius 3 is 2.27 bits per heavy atom. The molecule has 0 bridgehead atoms. The number of aldehydes is 1. The van der Waals surface area contributed by atoms with Gasteiger partial charge in [0, 0.05) is 38.3 Å². The Labute approximate surface area is 182 Å². The third-order valence-electron chi connectivity index (χ3n) is 6.29. The number of aromatic nitrogens is 1. The van der Waals surface area contributed by atoms with Gasteiger partial charge in [0.2, 0.25) is 0 Å². The van der Waals surface area contributed by atoms with E-state index in [1.54, 1.807) is 0 Å². The molecule has 1 aliphatic carbocycles. The average molecular weight is 419 g/mol. The molecule has 1 aromatic heterocycles. The highest BCUT2D eigenvalue weighted by Gasteiger charge is 2.21. The predicted octanol–water partition coefficient (Wildman–Crippen LogP) is 2.77. The smallest absolute Gasteiger partial charge is 0.153 e. The minimum absolute atomic E-state index is 0.480. The molecule has 1 saturated carbocycles. The summed E-state index contributed by atoms with van der Waals surface area (Å²) in [5.74, 6) is 1.64. The average Bonchev–Trinajstić information content (AvgIpc) is 3.09. The lowest BCUT2D eigenvalue weighted by molar-refractivity contribution is 0.112. The van der Waals surface area contributed by atoms with Gasteiger partial charge in [0.25, 0.3) is 0 Å². The van der Waals surface area contributed by atoms with Crippen molar-refractivity contribution in [1.29, 1.82) is 0 Å². The molecule has 0 spiro atoms. The maximum absolute atomic E-state index is 11.5. The molecule has 2 fully saturated rings. The van der Waals surface area contributed by atoms with Gasteiger partial charge in [0.05, 0.1) is 5.56 Å². The van der Waals surface area contributed by atoms with Crippen molar-refractivity contribution in [2.24, 2.45) is 0 Å². The number of hydrogen-bond donors (Lipinski definition) is 4. The number of anilines is 2. The minimum Gasteiger partial charge on any atom is -0.373 e. The molecule has 0 unspecified atom stereocenters. The fourth-order valence-corrected chi connectivity index (χ4v) is 4.40.